The van der Waals surface area contributed by atoms with E-state index in [1.807, 2.05) is 19.9 Å². The predicted octanol–water partition coefficient (Wildman–Crippen LogP) is 8.73. The Morgan fingerprint density at radius 1 is 0.939 bits per heavy atom. The van der Waals surface area contributed by atoms with E-state index in [2.05, 4.69) is 23.8 Å². The normalized spacial score (nSPS) is 11.9. The summed E-state index contributed by atoms with van der Waals surface area (Å²) < 4.78 is 49.9. The fourth-order valence-electron chi connectivity index (χ4n) is 4.20. The molecule has 0 bridgehead atoms. The standard InChI is InChI=1S/C23H24F3N3O.C3H8/c1-4-8-16(9-5-2)29-14(3)27-19-13-15(12-17(21(19)29)23(24,25)26)22-28-18-10-6-7-11-20(18)30-22;1-3-2/h6-7,10-13,16H,4-5,8-9H2,1-3H3;3H2,1-2H3. The van der Waals surface area contributed by atoms with Crippen LogP contribution in [-0.4, -0.2) is 14.5 Å². The van der Waals surface area contributed by atoms with Gasteiger partial charge in [0, 0.05) is 11.6 Å². The van der Waals surface area contributed by atoms with E-state index in [9.17, 15) is 13.2 Å². The van der Waals surface area contributed by atoms with Gasteiger partial charge in [-0.1, -0.05) is 59.1 Å². The average Bonchev–Trinajstić information content (AvgIpc) is 3.33. The molecule has 0 spiro atoms. The number of benzene rings is 2. The number of alkyl halides is 3. The van der Waals surface area contributed by atoms with Crippen molar-refractivity contribution >= 4 is 22.1 Å². The van der Waals surface area contributed by atoms with Crippen molar-refractivity contribution in [3.8, 4) is 11.5 Å². The molecule has 4 nitrogen and oxygen atoms in total. The summed E-state index contributed by atoms with van der Waals surface area (Å²) in [6.07, 6.45) is 0.139. The quantitative estimate of drug-likeness (QED) is 0.289. The minimum atomic E-state index is -4.52. The van der Waals surface area contributed by atoms with E-state index >= 15 is 0 Å². The maximum absolute atomic E-state index is 14.2. The van der Waals surface area contributed by atoms with Gasteiger partial charge in [0.2, 0.25) is 5.89 Å². The molecule has 33 heavy (non-hydrogen) atoms. The minimum Gasteiger partial charge on any atom is -0.436 e. The number of aromatic nitrogens is 3. The van der Waals surface area contributed by atoms with E-state index < -0.39 is 11.7 Å². The molecule has 0 N–H and O–H groups in total. The number of para-hydroxylation sites is 2. The summed E-state index contributed by atoms with van der Waals surface area (Å²) in [6, 6.07) is 9.90. The number of rotatable bonds is 6. The first kappa shape index (κ1) is 24.8. The van der Waals surface area contributed by atoms with Crippen LogP contribution in [0.25, 0.3) is 33.6 Å². The highest BCUT2D eigenvalue weighted by atomic mass is 19.4. The Labute approximate surface area is 192 Å². The second-order valence-electron chi connectivity index (χ2n) is 8.34. The fraction of sp³-hybridized carbons (Fsp3) is 0.462. The first-order valence-corrected chi connectivity index (χ1v) is 11.7. The van der Waals surface area contributed by atoms with Crippen molar-refractivity contribution in [2.45, 2.75) is 78.9 Å². The smallest absolute Gasteiger partial charge is 0.418 e. The van der Waals surface area contributed by atoms with E-state index in [1.54, 1.807) is 35.8 Å². The van der Waals surface area contributed by atoms with Gasteiger partial charge in [0.05, 0.1) is 16.6 Å². The molecule has 7 heteroatoms. The summed E-state index contributed by atoms with van der Waals surface area (Å²) in [4.78, 5) is 8.87. The molecule has 0 fully saturated rings. The van der Waals surface area contributed by atoms with Crippen LogP contribution < -0.4 is 0 Å². The number of halogens is 3. The first-order chi connectivity index (χ1) is 15.7. The fourth-order valence-corrected chi connectivity index (χ4v) is 4.20. The number of nitrogens with zero attached hydrogens (tertiary/aromatic N) is 3. The Morgan fingerprint density at radius 2 is 1.58 bits per heavy atom. The van der Waals surface area contributed by atoms with Gasteiger partial charge >= 0.3 is 6.18 Å². The zero-order chi connectivity index (χ0) is 24.2. The second-order valence-corrected chi connectivity index (χ2v) is 8.34. The molecule has 0 saturated carbocycles. The van der Waals surface area contributed by atoms with Gasteiger partial charge in [0.15, 0.2) is 5.58 Å². The Balaban J connectivity index is 0.000000968. The van der Waals surface area contributed by atoms with E-state index in [-0.39, 0.29) is 23.0 Å². The Hall–Kier alpha value is -2.83. The van der Waals surface area contributed by atoms with Gasteiger partial charge in [-0.25, -0.2) is 9.97 Å². The molecule has 0 atom stereocenters. The Bertz CT molecular complexity index is 1170. The van der Waals surface area contributed by atoms with Crippen LogP contribution in [0, 0.1) is 6.92 Å². The van der Waals surface area contributed by atoms with Crippen LogP contribution in [0.1, 0.15) is 77.2 Å². The molecule has 2 aromatic heterocycles. The van der Waals surface area contributed by atoms with Crippen molar-refractivity contribution in [3.63, 3.8) is 0 Å². The van der Waals surface area contributed by atoms with Gasteiger partial charge in [-0.3, -0.25) is 0 Å². The van der Waals surface area contributed by atoms with Crippen LogP contribution in [0.4, 0.5) is 13.2 Å². The van der Waals surface area contributed by atoms with Crippen molar-refractivity contribution in [2.75, 3.05) is 0 Å². The maximum Gasteiger partial charge on any atom is 0.418 e. The number of oxazole rings is 1. The third-order valence-corrected chi connectivity index (χ3v) is 5.42. The van der Waals surface area contributed by atoms with Crippen molar-refractivity contribution in [1.82, 2.24) is 14.5 Å². The molecular formula is C26H32F3N3O. The third kappa shape index (κ3) is 5.23. The molecule has 4 aromatic rings. The lowest BCUT2D eigenvalue weighted by molar-refractivity contribution is -0.136. The molecule has 4 rings (SSSR count). The van der Waals surface area contributed by atoms with Gasteiger partial charge in [-0.2, -0.15) is 13.2 Å². The summed E-state index contributed by atoms with van der Waals surface area (Å²) in [6.45, 7) is 10.1. The Morgan fingerprint density at radius 3 is 2.15 bits per heavy atom. The molecule has 0 unspecified atom stereocenters. The third-order valence-electron chi connectivity index (χ3n) is 5.42. The zero-order valence-corrected chi connectivity index (χ0v) is 20.0. The van der Waals surface area contributed by atoms with E-state index in [4.69, 9.17) is 4.42 Å². The van der Waals surface area contributed by atoms with Crippen molar-refractivity contribution < 1.29 is 17.6 Å². The van der Waals surface area contributed by atoms with Gasteiger partial charge in [0.25, 0.3) is 0 Å². The molecule has 0 aliphatic carbocycles. The number of imidazole rings is 1. The van der Waals surface area contributed by atoms with E-state index in [0.29, 0.717) is 22.4 Å². The summed E-state index contributed by atoms with van der Waals surface area (Å²) in [5, 5.41) is 0. The summed E-state index contributed by atoms with van der Waals surface area (Å²) in [5.41, 5.74) is 1.18. The zero-order valence-electron chi connectivity index (χ0n) is 20.0. The van der Waals surface area contributed by atoms with Gasteiger partial charge in [0.1, 0.15) is 11.3 Å². The van der Waals surface area contributed by atoms with Gasteiger partial charge in [-0.05, 0) is 44.0 Å². The lowest BCUT2D eigenvalue weighted by Gasteiger charge is -2.22. The molecule has 0 radical (unpaired) electrons. The van der Waals surface area contributed by atoms with Crippen LogP contribution in [0.3, 0.4) is 0 Å². The molecule has 0 amide bonds. The molecule has 2 heterocycles. The Kier molecular flexibility index (Phi) is 7.82. The van der Waals surface area contributed by atoms with Crippen LogP contribution in [0.15, 0.2) is 40.8 Å². The summed E-state index contributed by atoms with van der Waals surface area (Å²) in [5.74, 6) is 0.756. The highest BCUT2D eigenvalue weighted by Crippen LogP contribution is 2.40. The molecule has 0 aliphatic heterocycles. The highest BCUT2D eigenvalue weighted by Gasteiger charge is 2.36. The molecular weight excluding hydrogens is 427 g/mol. The summed E-state index contributed by atoms with van der Waals surface area (Å²) >= 11 is 0. The van der Waals surface area contributed by atoms with E-state index in [1.165, 1.54) is 6.42 Å². The number of hydrogen-bond donors (Lipinski definition) is 0. The van der Waals surface area contributed by atoms with E-state index in [0.717, 1.165) is 31.7 Å². The second kappa shape index (κ2) is 10.4. The maximum atomic E-state index is 14.2. The van der Waals surface area contributed by atoms with Gasteiger partial charge < -0.3 is 8.98 Å². The average molecular weight is 460 g/mol. The number of aryl methyl sites for hydroxylation is 1. The van der Waals surface area contributed by atoms with Crippen LogP contribution in [0.5, 0.6) is 0 Å². The lowest BCUT2D eigenvalue weighted by Crippen LogP contribution is -2.14. The lowest BCUT2D eigenvalue weighted by atomic mass is 10.0. The van der Waals surface area contributed by atoms with Crippen LogP contribution in [0.2, 0.25) is 0 Å². The highest BCUT2D eigenvalue weighted by molar-refractivity contribution is 5.86. The largest absolute Gasteiger partial charge is 0.436 e. The topological polar surface area (TPSA) is 43.9 Å². The first-order valence-electron chi connectivity index (χ1n) is 11.7. The molecule has 0 aliphatic rings. The monoisotopic (exact) mass is 459 g/mol. The van der Waals surface area contributed by atoms with Crippen molar-refractivity contribution in [2.24, 2.45) is 0 Å². The van der Waals surface area contributed by atoms with Crippen LogP contribution in [-0.2, 0) is 6.18 Å². The molecule has 178 valence electrons. The van der Waals surface area contributed by atoms with Crippen molar-refractivity contribution in [3.05, 3.63) is 47.8 Å². The van der Waals surface area contributed by atoms with Crippen LogP contribution >= 0.6 is 0 Å². The summed E-state index contributed by atoms with van der Waals surface area (Å²) in [7, 11) is 0. The SMILES string of the molecule is CCC.CCCC(CCC)n1c(C)nc2cc(-c3nc4ccccc4o3)cc(C(F)(F)F)c21. The number of fused-ring (bicyclic) bond motifs is 2. The predicted molar refractivity (Wildman–Crippen MR) is 127 cm³/mol. The molecule has 0 saturated heterocycles. The van der Waals surface area contributed by atoms with Gasteiger partial charge in [-0.15, -0.1) is 0 Å². The molecule has 2 aromatic carbocycles. The number of hydrogen-bond acceptors (Lipinski definition) is 3. The van der Waals surface area contributed by atoms with Crippen molar-refractivity contribution in [1.29, 1.82) is 0 Å². The minimum absolute atomic E-state index is 0.0127.